The number of carboxylic acid groups (broad SMARTS) is 1. The van der Waals surface area contributed by atoms with Gasteiger partial charge in [-0.15, -0.1) is 0 Å². The molecule has 0 bridgehead atoms. The molecule has 21 heavy (non-hydrogen) atoms. The second-order valence-corrected chi connectivity index (χ2v) is 4.26. The van der Waals surface area contributed by atoms with Crippen LogP contribution in [0.4, 0.5) is 18.0 Å². The third-order valence-electron chi connectivity index (χ3n) is 2.63. The fourth-order valence-corrected chi connectivity index (χ4v) is 1.56. The van der Waals surface area contributed by atoms with E-state index in [1.165, 1.54) is 19.2 Å². The summed E-state index contributed by atoms with van der Waals surface area (Å²) in [6, 6.07) is 6.16. The van der Waals surface area contributed by atoms with Gasteiger partial charge in [0.1, 0.15) is 0 Å². The van der Waals surface area contributed by atoms with Crippen molar-refractivity contribution in [2.75, 3.05) is 7.05 Å². The summed E-state index contributed by atoms with van der Waals surface area (Å²) in [6.07, 6.45) is -5.76. The average molecular weight is 301 g/mol. The summed E-state index contributed by atoms with van der Waals surface area (Å²) < 4.78 is 41.2. The maximum absolute atomic E-state index is 12.3. The van der Waals surface area contributed by atoms with Crippen LogP contribution in [0.2, 0.25) is 0 Å². The van der Waals surface area contributed by atoms with Crippen molar-refractivity contribution in [3.8, 4) is 11.4 Å². The largest absolute Gasteiger partial charge is 0.471 e. The number of carbonyl (C=O) groups is 1. The molecule has 1 amide bonds. The van der Waals surface area contributed by atoms with E-state index in [9.17, 15) is 18.0 Å². The molecule has 112 valence electrons. The number of hydrogen-bond donors (Lipinski definition) is 1. The summed E-state index contributed by atoms with van der Waals surface area (Å²) >= 11 is 0. The monoisotopic (exact) mass is 301 g/mol. The molecule has 2 rings (SSSR count). The van der Waals surface area contributed by atoms with Gasteiger partial charge in [-0.1, -0.05) is 29.4 Å². The predicted molar refractivity (Wildman–Crippen MR) is 64.2 cm³/mol. The first-order valence-corrected chi connectivity index (χ1v) is 5.71. The molecule has 1 N–H and O–H groups in total. The Hall–Kier alpha value is -2.58. The Kier molecular flexibility index (Phi) is 3.83. The Morgan fingerprint density at radius 3 is 2.43 bits per heavy atom. The number of alkyl halides is 3. The van der Waals surface area contributed by atoms with E-state index in [0.717, 1.165) is 4.90 Å². The molecule has 2 aromatic rings. The van der Waals surface area contributed by atoms with E-state index >= 15 is 0 Å². The van der Waals surface area contributed by atoms with Gasteiger partial charge in [0.15, 0.2) is 0 Å². The minimum atomic E-state index is -4.69. The van der Waals surface area contributed by atoms with Crippen LogP contribution in [-0.4, -0.2) is 33.3 Å². The van der Waals surface area contributed by atoms with E-state index in [1.807, 2.05) is 0 Å². The van der Waals surface area contributed by atoms with E-state index in [0.29, 0.717) is 11.1 Å². The van der Waals surface area contributed by atoms with Gasteiger partial charge in [0, 0.05) is 19.2 Å². The summed E-state index contributed by atoms with van der Waals surface area (Å²) in [4.78, 5) is 15.0. The highest BCUT2D eigenvalue weighted by Crippen LogP contribution is 2.29. The van der Waals surface area contributed by atoms with Gasteiger partial charge in [0.2, 0.25) is 5.82 Å². The molecule has 0 fully saturated rings. The minimum absolute atomic E-state index is 0.162. The van der Waals surface area contributed by atoms with Gasteiger partial charge in [0.25, 0.3) is 0 Å². The molecular weight excluding hydrogens is 291 g/mol. The molecule has 0 aliphatic heterocycles. The van der Waals surface area contributed by atoms with Crippen molar-refractivity contribution < 1.29 is 27.6 Å². The van der Waals surface area contributed by atoms with Gasteiger partial charge >= 0.3 is 18.2 Å². The first-order chi connectivity index (χ1) is 9.77. The normalized spacial score (nSPS) is 11.4. The zero-order valence-corrected chi connectivity index (χ0v) is 10.8. The second-order valence-electron chi connectivity index (χ2n) is 4.26. The number of benzene rings is 1. The van der Waals surface area contributed by atoms with Crippen LogP contribution in [0.15, 0.2) is 28.8 Å². The van der Waals surface area contributed by atoms with Gasteiger partial charge in [-0.05, 0) is 5.56 Å². The maximum Gasteiger partial charge on any atom is 0.471 e. The summed E-state index contributed by atoms with van der Waals surface area (Å²) in [5, 5.41) is 12.0. The Balaban J connectivity index is 2.15. The Morgan fingerprint density at radius 2 is 1.95 bits per heavy atom. The quantitative estimate of drug-likeness (QED) is 0.943. The molecule has 1 heterocycles. The third-order valence-corrected chi connectivity index (χ3v) is 2.63. The van der Waals surface area contributed by atoms with Crippen LogP contribution in [0.25, 0.3) is 11.4 Å². The molecular formula is C12H10F3N3O3. The van der Waals surface area contributed by atoms with Crippen LogP contribution in [0.5, 0.6) is 0 Å². The number of aromatic nitrogens is 2. The van der Waals surface area contributed by atoms with Crippen molar-refractivity contribution >= 4 is 6.09 Å². The fourth-order valence-electron chi connectivity index (χ4n) is 1.56. The molecule has 0 aliphatic rings. The molecule has 0 saturated carbocycles. The number of amides is 1. The van der Waals surface area contributed by atoms with Crippen LogP contribution in [-0.2, 0) is 12.7 Å². The van der Waals surface area contributed by atoms with Crippen molar-refractivity contribution in [1.82, 2.24) is 15.0 Å². The first kappa shape index (κ1) is 14.8. The van der Waals surface area contributed by atoms with E-state index < -0.39 is 18.2 Å². The lowest BCUT2D eigenvalue weighted by Gasteiger charge is -2.12. The van der Waals surface area contributed by atoms with Crippen molar-refractivity contribution in [1.29, 1.82) is 0 Å². The van der Waals surface area contributed by atoms with Crippen molar-refractivity contribution in [3.05, 3.63) is 35.7 Å². The SMILES string of the molecule is CN(Cc1ccc(-c2noc(C(F)(F)F)n2)cc1)C(=O)O. The molecule has 0 spiro atoms. The Labute approximate surface area is 116 Å². The Morgan fingerprint density at radius 1 is 1.33 bits per heavy atom. The lowest BCUT2D eigenvalue weighted by molar-refractivity contribution is -0.159. The van der Waals surface area contributed by atoms with Gasteiger partial charge < -0.3 is 14.5 Å². The van der Waals surface area contributed by atoms with Crippen molar-refractivity contribution in [3.63, 3.8) is 0 Å². The molecule has 0 saturated heterocycles. The van der Waals surface area contributed by atoms with Gasteiger partial charge in [-0.3, -0.25) is 0 Å². The topological polar surface area (TPSA) is 79.5 Å². The number of nitrogens with zero attached hydrogens (tertiary/aromatic N) is 3. The predicted octanol–water partition coefficient (Wildman–Crippen LogP) is 2.87. The Bertz CT molecular complexity index is 637. The van der Waals surface area contributed by atoms with Crippen LogP contribution in [0.3, 0.4) is 0 Å². The molecule has 0 atom stereocenters. The first-order valence-electron chi connectivity index (χ1n) is 5.71. The molecule has 0 radical (unpaired) electrons. The third kappa shape index (κ3) is 3.50. The standard InChI is InChI=1S/C12H10F3N3O3/c1-18(11(19)20)6-7-2-4-8(5-3-7)9-16-10(21-17-9)12(13,14)15/h2-5H,6H2,1H3,(H,19,20). The minimum Gasteiger partial charge on any atom is -0.465 e. The van der Waals surface area contributed by atoms with Crippen molar-refractivity contribution in [2.45, 2.75) is 12.7 Å². The second kappa shape index (κ2) is 5.43. The van der Waals surface area contributed by atoms with Crippen LogP contribution in [0.1, 0.15) is 11.5 Å². The van der Waals surface area contributed by atoms with Crippen LogP contribution < -0.4 is 0 Å². The highest BCUT2D eigenvalue weighted by molar-refractivity contribution is 5.64. The smallest absolute Gasteiger partial charge is 0.465 e. The zero-order chi connectivity index (χ0) is 15.6. The van der Waals surface area contributed by atoms with E-state index in [2.05, 4.69) is 14.7 Å². The van der Waals surface area contributed by atoms with Crippen LogP contribution in [0, 0.1) is 0 Å². The highest BCUT2D eigenvalue weighted by atomic mass is 19.4. The number of rotatable bonds is 3. The zero-order valence-electron chi connectivity index (χ0n) is 10.8. The average Bonchev–Trinajstić information content (AvgIpc) is 2.89. The number of hydrogen-bond acceptors (Lipinski definition) is 4. The fraction of sp³-hybridized carbons (Fsp3) is 0.250. The lowest BCUT2D eigenvalue weighted by Crippen LogP contribution is -2.23. The molecule has 0 aliphatic carbocycles. The number of halogens is 3. The maximum atomic E-state index is 12.3. The molecule has 1 aromatic heterocycles. The molecule has 6 nitrogen and oxygen atoms in total. The van der Waals surface area contributed by atoms with E-state index in [-0.39, 0.29) is 12.4 Å². The van der Waals surface area contributed by atoms with Gasteiger partial charge in [-0.2, -0.15) is 18.2 Å². The highest BCUT2D eigenvalue weighted by Gasteiger charge is 2.38. The van der Waals surface area contributed by atoms with Crippen molar-refractivity contribution in [2.24, 2.45) is 0 Å². The van der Waals surface area contributed by atoms with E-state index in [1.54, 1.807) is 12.1 Å². The van der Waals surface area contributed by atoms with Crippen LogP contribution >= 0.6 is 0 Å². The molecule has 0 unspecified atom stereocenters. The van der Waals surface area contributed by atoms with Gasteiger partial charge in [-0.25, -0.2) is 4.79 Å². The summed E-state index contributed by atoms with van der Waals surface area (Å²) in [5.74, 6) is -1.59. The molecule has 1 aromatic carbocycles. The molecule has 9 heteroatoms. The van der Waals surface area contributed by atoms with Gasteiger partial charge in [0.05, 0.1) is 0 Å². The summed E-state index contributed by atoms with van der Waals surface area (Å²) in [5.41, 5.74) is 1.03. The van der Waals surface area contributed by atoms with E-state index in [4.69, 9.17) is 5.11 Å². The summed E-state index contributed by atoms with van der Waals surface area (Å²) in [6.45, 7) is 0.162. The summed E-state index contributed by atoms with van der Waals surface area (Å²) in [7, 11) is 1.41. The lowest BCUT2D eigenvalue weighted by atomic mass is 10.1.